The molecule has 2 rings (SSSR count). The van der Waals surface area contributed by atoms with Gasteiger partial charge < -0.3 is 5.32 Å². The summed E-state index contributed by atoms with van der Waals surface area (Å²) in [5.74, 6) is 0.100. The molecule has 1 aromatic rings. The minimum absolute atomic E-state index is 0.100. The fraction of sp³-hybridized carbons (Fsp3) is 0.550. The van der Waals surface area contributed by atoms with Crippen molar-refractivity contribution in [1.29, 1.82) is 0 Å². The zero-order valence-corrected chi connectivity index (χ0v) is 14.9. The predicted octanol–water partition coefficient (Wildman–Crippen LogP) is 2.67. The van der Waals surface area contributed by atoms with Crippen molar-refractivity contribution in [2.24, 2.45) is 0 Å². The first-order valence-corrected chi connectivity index (χ1v) is 9.10. The molecule has 1 aliphatic heterocycles. The van der Waals surface area contributed by atoms with Crippen LogP contribution in [0.5, 0.6) is 0 Å². The molecular formula is C20H31N3O. The van der Waals surface area contributed by atoms with E-state index in [0.29, 0.717) is 19.1 Å². The molecule has 0 bridgehead atoms. The molecule has 1 heterocycles. The molecular weight excluding hydrogens is 298 g/mol. The number of carbonyl (C=O) groups excluding carboxylic acids is 1. The highest BCUT2D eigenvalue weighted by Crippen LogP contribution is 2.18. The van der Waals surface area contributed by atoms with Crippen LogP contribution in [0.4, 0.5) is 0 Å². The first kappa shape index (κ1) is 18.7. The maximum Gasteiger partial charge on any atom is 0.234 e. The van der Waals surface area contributed by atoms with Gasteiger partial charge in [0.15, 0.2) is 0 Å². The molecule has 4 nitrogen and oxygen atoms in total. The molecule has 4 heteroatoms. The molecule has 1 saturated heterocycles. The summed E-state index contributed by atoms with van der Waals surface area (Å²) in [5, 5.41) is 2.90. The Kier molecular flexibility index (Phi) is 7.99. The van der Waals surface area contributed by atoms with Gasteiger partial charge in [-0.15, -0.1) is 6.58 Å². The van der Waals surface area contributed by atoms with Crippen LogP contribution in [0.2, 0.25) is 0 Å². The van der Waals surface area contributed by atoms with Crippen LogP contribution in [0.3, 0.4) is 0 Å². The standard InChI is InChI=1S/C20H31N3O/c1-3-12-21-20(24)17-23(13-4-2)19-11-8-14-22(16-19)15-18-9-6-5-7-10-18/h3,5-7,9-10,19H,1,4,8,11-17H2,2H3,(H,21,24). The fourth-order valence-electron chi connectivity index (χ4n) is 3.42. The Labute approximate surface area is 146 Å². The normalized spacial score (nSPS) is 18.5. The number of benzene rings is 1. The number of carbonyl (C=O) groups is 1. The third kappa shape index (κ3) is 6.10. The van der Waals surface area contributed by atoms with E-state index in [0.717, 1.165) is 32.6 Å². The van der Waals surface area contributed by atoms with Gasteiger partial charge in [0.2, 0.25) is 5.91 Å². The number of likely N-dealkylation sites (tertiary alicyclic amines) is 1. The van der Waals surface area contributed by atoms with Crippen LogP contribution < -0.4 is 5.32 Å². The zero-order valence-electron chi connectivity index (χ0n) is 14.9. The van der Waals surface area contributed by atoms with Crippen molar-refractivity contribution in [3.63, 3.8) is 0 Å². The monoisotopic (exact) mass is 329 g/mol. The van der Waals surface area contributed by atoms with Gasteiger partial charge in [-0.1, -0.05) is 43.3 Å². The van der Waals surface area contributed by atoms with Crippen LogP contribution in [-0.4, -0.2) is 54.5 Å². The lowest BCUT2D eigenvalue weighted by atomic mass is 10.0. The van der Waals surface area contributed by atoms with Crippen LogP contribution in [0.15, 0.2) is 43.0 Å². The van der Waals surface area contributed by atoms with Crippen molar-refractivity contribution in [2.75, 3.05) is 32.7 Å². The maximum absolute atomic E-state index is 12.1. The molecule has 0 radical (unpaired) electrons. The minimum atomic E-state index is 0.100. The number of hydrogen-bond donors (Lipinski definition) is 1. The lowest BCUT2D eigenvalue weighted by Gasteiger charge is -2.39. The van der Waals surface area contributed by atoms with Crippen LogP contribution >= 0.6 is 0 Å². The average Bonchev–Trinajstić information content (AvgIpc) is 2.61. The molecule has 132 valence electrons. The van der Waals surface area contributed by atoms with E-state index in [-0.39, 0.29) is 5.91 Å². The largest absolute Gasteiger partial charge is 0.352 e. The zero-order chi connectivity index (χ0) is 17.2. The van der Waals surface area contributed by atoms with Gasteiger partial charge >= 0.3 is 0 Å². The van der Waals surface area contributed by atoms with Crippen LogP contribution in [0.25, 0.3) is 0 Å². The first-order chi connectivity index (χ1) is 11.7. The van der Waals surface area contributed by atoms with Crippen molar-refractivity contribution < 1.29 is 4.79 Å². The Morgan fingerprint density at radius 1 is 1.42 bits per heavy atom. The summed E-state index contributed by atoms with van der Waals surface area (Å²) in [5.41, 5.74) is 1.36. The minimum Gasteiger partial charge on any atom is -0.352 e. The Bertz CT molecular complexity index is 503. The second kappa shape index (κ2) is 10.3. The highest BCUT2D eigenvalue weighted by atomic mass is 16.2. The summed E-state index contributed by atoms with van der Waals surface area (Å²) in [6.45, 7) is 11.0. The summed E-state index contributed by atoms with van der Waals surface area (Å²) in [6.07, 6.45) is 5.18. The molecule has 24 heavy (non-hydrogen) atoms. The van der Waals surface area contributed by atoms with Gasteiger partial charge in [0.25, 0.3) is 0 Å². The molecule has 1 fully saturated rings. The number of hydrogen-bond acceptors (Lipinski definition) is 3. The smallest absolute Gasteiger partial charge is 0.234 e. The van der Waals surface area contributed by atoms with Crippen LogP contribution in [-0.2, 0) is 11.3 Å². The average molecular weight is 329 g/mol. The second-order valence-corrected chi connectivity index (χ2v) is 6.58. The summed E-state index contributed by atoms with van der Waals surface area (Å²) < 4.78 is 0. The topological polar surface area (TPSA) is 35.6 Å². The quantitative estimate of drug-likeness (QED) is 0.708. The van der Waals surface area contributed by atoms with Gasteiger partial charge in [0.1, 0.15) is 0 Å². The van der Waals surface area contributed by atoms with Gasteiger partial charge in [-0.25, -0.2) is 0 Å². The van der Waals surface area contributed by atoms with E-state index in [1.54, 1.807) is 6.08 Å². The number of nitrogens with zero attached hydrogens (tertiary/aromatic N) is 2. The van der Waals surface area contributed by atoms with E-state index in [9.17, 15) is 4.79 Å². The highest BCUT2D eigenvalue weighted by molar-refractivity contribution is 5.78. The third-order valence-corrected chi connectivity index (χ3v) is 4.55. The van der Waals surface area contributed by atoms with E-state index >= 15 is 0 Å². The molecule has 1 aliphatic rings. The fourth-order valence-corrected chi connectivity index (χ4v) is 3.42. The van der Waals surface area contributed by atoms with E-state index in [1.165, 1.54) is 18.4 Å². The highest BCUT2D eigenvalue weighted by Gasteiger charge is 2.26. The predicted molar refractivity (Wildman–Crippen MR) is 99.8 cm³/mol. The molecule has 1 atom stereocenters. The maximum atomic E-state index is 12.1. The van der Waals surface area contributed by atoms with Gasteiger partial charge in [0.05, 0.1) is 6.54 Å². The summed E-state index contributed by atoms with van der Waals surface area (Å²) in [6, 6.07) is 11.1. The summed E-state index contributed by atoms with van der Waals surface area (Å²) >= 11 is 0. The molecule has 0 saturated carbocycles. The van der Waals surface area contributed by atoms with Gasteiger partial charge in [-0.3, -0.25) is 14.6 Å². The van der Waals surface area contributed by atoms with Crippen molar-refractivity contribution in [3.05, 3.63) is 48.6 Å². The Balaban J connectivity index is 1.91. The first-order valence-electron chi connectivity index (χ1n) is 9.10. The number of amides is 1. The summed E-state index contributed by atoms with van der Waals surface area (Å²) in [7, 11) is 0. The lowest BCUT2D eigenvalue weighted by Crippen LogP contribution is -2.50. The van der Waals surface area contributed by atoms with Crippen LogP contribution in [0.1, 0.15) is 31.7 Å². The van der Waals surface area contributed by atoms with Crippen molar-refractivity contribution in [2.45, 2.75) is 38.8 Å². The number of piperidine rings is 1. The number of rotatable bonds is 9. The molecule has 0 aromatic heterocycles. The van der Waals surface area contributed by atoms with E-state index in [1.807, 2.05) is 0 Å². The van der Waals surface area contributed by atoms with Crippen molar-refractivity contribution in [3.8, 4) is 0 Å². The van der Waals surface area contributed by atoms with Gasteiger partial charge in [-0.05, 0) is 37.9 Å². The molecule has 0 aliphatic carbocycles. The van der Waals surface area contributed by atoms with Crippen molar-refractivity contribution >= 4 is 5.91 Å². The SMILES string of the molecule is C=CCNC(=O)CN(CCC)C1CCCN(Cc2ccccc2)C1. The van der Waals surface area contributed by atoms with Crippen molar-refractivity contribution in [1.82, 2.24) is 15.1 Å². The molecule has 1 aromatic carbocycles. The van der Waals surface area contributed by atoms with E-state index in [2.05, 4.69) is 59.0 Å². The van der Waals surface area contributed by atoms with E-state index < -0.39 is 0 Å². The van der Waals surface area contributed by atoms with Crippen LogP contribution in [0, 0.1) is 0 Å². The lowest BCUT2D eigenvalue weighted by molar-refractivity contribution is -0.122. The number of nitrogens with one attached hydrogen (secondary N) is 1. The molecule has 0 spiro atoms. The Hall–Kier alpha value is -1.65. The Morgan fingerprint density at radius 3 is 2.92 bits per heavy atom. The summed E-state index contributed by atoms with van der Waals surface area (Å²) in [4.78, 5) is 17.0. The van der Waals surface area contributed by atoms with Gasteiger partial charge in [0, 0.05) is 25.7 Å². The second-order valence-electron chi connectivity index (χ2n) is 6.58. The van der Waals surface area contributed by atoms with Gasteiger partial charge in [-0.2, -0.15) is 0 Å². The molecule has 1 amide bonds. The third-order valence-electron chi connectivity index (χ3n) is 4.55. The van der Waals surface area contributed by atoms with E-state index in [4.69, 9.17) is 0 Å². The molecule has 1 unspecified atom stereocenters. The molecule has 1 N–H and O–H groups in total. The Morgan fingerprint density at radius 2 is 2.21 bits per heavy atom.